The highest BCUT2D eigenvalue weighted by Gasteiger charge is 2.30. The zero-order chi connectivity index (χ0) is 38.9. The Morgan fingerprint density at radius 3 is 2.17 bits per heavy atom. The number of benzene rings is 2. The molecule has 0 saturated carbocycles. The fourth-order valence-electron chi connectivity index (χ4n) is 5.81. The molecule has 292 valence electrons. The van der Waals surface area contributed by atoms with E-state index in [1.165, 1.54) is 6.07 Å². The van der Waals surface area contributed by atoms with Gasteiger partial charge in [0, 0.05) is 52.0 Å². The summed E-state index contributed by atoms with van der Waals surface area (Å²) in [4.78, 5) is 64.6. The van der Waals surface area contributed by atoms with E-state index >= 15 is 0 Å². The number of fused-ring (bicyclic) bond motifs is 5. The monoisotopic (exact) mass is 740 g/mol. The predicted octanol–water partition coefficient (Wildman–Crippen LogP) is -2.92. The molecule has 0 saturated heterocycles. The first-order valence-corrected chi connectivity index (χ1v) is 18.0. The highest BCUT2D eigenvalue weighted by Crippen LogP contribution is 2.28. The Balaban J connectivity index is 1.64. The summed E-state index contributed by atoms with van der Waals surface area (Å²) in [5, 5.41) is 34.3. The minimum absolute atomic E-state index is 0.0258. The molecule has 0 radical (unpaired) electrons. The summed E-state index contributed by atoms with van der Waals surface area (Å²) in [6.45, 7) is 1.04. The normalized spacial score (nSPS) is 19.3. The molecule has 2 aromatic carbocycles. The quantitative estimate of drug-likeness (QED) is 0.0726. The average molecular weight is 741 g/mol. The third-order valence-corrected chi connectivity index (χ3v) is 8.95. The molecule has 2 aromatic rings. The maximum absolute atomic E-state index is 13.6. The van der Waals surface area contributed by atoms with Gasteiger partial charge in [0.2, 0.25) is 29.5 Å². The van der Waals surface area contributed by atoms with Crippen LogP contribution in [-0.4, -0.2) is 109 Å². The number of aromatic hydroxyl groups is 1. The van der Waals surface area contributed by atoms with Gasteiger partial charge in [0.15, 0.2) is 0 Å². The molecule has 1 aliphatic heterocycles. The molecule has 17 N–H and O–H groups in total. The molecule has 1 heterocycles. The Morgan fingerprint density at radius 1 is 0.811 bits per heavy atom. The Hall–Kier alpha value is -4.65. The molecule has 17 heteroatoms. The highest BCUT2D eigenvalue weighted by atomic mass is 16.3. The van der Waals surface area contributed by atoms with Crippen LogP contribution < -0.4 is 55.3 Å². The SMILES string of the molecule is NCCNC(=O)[C@@H](N)CCCCNC(=O)[C@@H](N)CCCNC(=O)[C@@H]1Cc2cccc(c2)-c2ccc(O)c(c2)C[C@H](N)C(=O)N[C@@H](C[C@@H](O)CN)C(=O)N1. The largest absolute Gasteiger partial charge is 0.508 e. The molecule has 0 fully saturated rings. The van der Waals surface area contributed by atoms with Crippen LogP contribution in [-0.2, 0) is 36.8 Å². The lowest BCUT2D eigenvalue weighted by Crippen LogP contribution is -2.57. The summed E-state index contributed by atoms with van der Waals surface area (Å²) in [6.07, 6.45) is 1.04. The fraction of sp³-hybridized carbons (Fsp3) is 0.528. The maximum atomic E-state index is 13.6. The van der Waals surface area contributed by atoms with Gasteiger partial charge in [-0.2, -0.15) is 0 Å². The Kier molecular flexibility index (Phi) is 17.6. The van der Waals surface area contributed by atoms with Crippen LogP contribution in [0.25, 0.3) is 11.1 Å². The molecule has 1 aliphatic rings. The molecule has 5 amide bonds. The van der Waals surface area contributed by atoms with E-state index in [9.17, 15) is 34.2 Å². The van der Waals surface area contributed by atoms with E-state index in [0.717, 1.165) is 16.7 Å². The van der Waals surface area contributed by atoms with Crippen LogP contribution in [0.4, 0.5) is 0 Å². The van der Waals surface area contributed by atoms with Crippen LogP contribution in [0.2, 0.25) is 0 Å². The van der Waals surface area contributed by atoms with E-state index in [2.05, 4.69) is 26.6 Å². The van der Waals surface area contributed by atoms with Gasteiger partial charge < -0.3 is 65.5 Å². The van der Waals surface area contributed by atoms with Crippen molar-refractivity contribution >= 4 is 29.5 Å². The van der Waals surface area contributed by atoms with Crippen molar-refractivity contribution in [3.8, 4) is 16.9 Å². The second-order valence-corrected chi connectivity index (χ2v) is 13.3. The van der Waals surface area contributed by atoms with Crippen LogP contribution in [0, 0.1) is 0 Å². The number of hydrogen-bond acceptors (Lipinski definition) is 12. The van der Waals surface area contributed by atoms with E-state index in [0.29, 0.717) is 50.9 Å². The van der Waals surface area contributed by atoms with Gasteiger partial charge in [-0.3, -0.25) is 24.0 Å². The number of nitrogens with two attached hydrogens (primary N) is 5. The molecule has 0 spiro atoms. The summed E-state index contributed by atoms with van der Waals surface area (Å²) in [7, 11) is 0. The number of hydrogen-bond donors (Lipinski definition) is 12. The first kappa shape index (κ1) is 42.8. The molecule has 17 nitrogen and oxygen atoms in total. The highest BCUT2D eigenvalue weighted by molar-refractivity contribution is 5.93. The van der Waals surface area contributed by atoms with Crippen molar-refractivity contribution in [2.75, 3.05) is 32.7 Å². The van der Waals surface area contributed by atoms with Gasteiger partial charge in [-0.25, -0.2) is 0 Å². The molecule has 0 aliphatic carbocycles. The van der Waals surface area contributed by atoms with E-state index in [1.54, 1.807) is 12.1 Å². The van der Waals surface area contributed by atoms with E-state index in [4.69, 9.17) is 28.7 Å². The second kappa shape index (κ2) is 21.8. The number of aliphatic hydroxyl groups is 1. The summed E-state index contributed by atoms with van der Waals surface area (Å²) >= 11 is 0. The number of unbranched alkanes of at least 4 members (excludes halogenated alkanes) is 1. The summed E-state index contributed by atoms with van der Waals surface area (Å²) in [5.74, 6) is -2.56. The lowest BCUT2D eigenvalue weighted by atomic mass is 9.96. The standard InChI is InChI=1S/C36H56N10O7/c37-11-14-44-33(50)26(39)7-1-2-12-42-32(49)27(40)8-4-13-43-35(52)29-16-21-5-3-6-22(15-21)23-9-10-31(48)24(17-23)18-28(41)34(51)45-30(36(53)46-29)19-25(47)20-38/h3,5-6,9-10,15,17,25-30,47-48H,1-2,4,7-8,11-14,16,18-20,37-41H2,(H,42,49)(H,43,52)(H,44,50)(H,45,51)(H,46,53)/t25-,26+,27+,28+,29+,30+/m1/s1. The zero-order valence-electron chi connectivity index (χ0n) is 30.0. The van der Waals surface area contributed by atoms with Crippen molar-refractivity contribution in [3.05, 3.63) is 53.6 Å². The Labute approximate surface area is 309 Å². The van der Waals surface area contributed by atoms with Gasteiger partial charge in [0.1, 0.15) is 17.8 Å². The number of phenolic OH excluding ortho intramolecular Hbond substituents is 1. The van der Waals surface area contributed by atoms with Crippen molar-refractivity contribution in [3.63, 3.8) is 0 Å². The van der Waals surface area contributed by atoms with Gasteiger partial charge in [-0.1, -0.05) is 30.3 Å². The molecule has 53 heavy (non-hydrogen) atoms. The van der Waals surface area contributed by atoms with E-state index in [-0.39, 0.29) is 56.3 Å². The third kappa shape index (κ3) is 14.0. The molecule has 0 unspecified atom stereocenters. The number of carbonyl (C=O) groups excluding carboxylic acids is 5. The van der Waals surface area contributed by atoms with Crippen molar-refractivity contribution in [1.29, 1.82) is 0 Å². The minimum Gasteiger partial charge on any atom is -0.508 e. The van der Waals surface area contributed by atoms with Crippen LogP contribution >= 0.6 is 0 Å². The van der Waals surface area contributed by atoms with Crippen LogP contribution in [0.15, 0.2) is 42.5 Å². The molecule has 0 aromatic heterocycles. The smallest absolute Gasteiger partial charge is 0.243 e. The van der Waals surface area contributed by atoms with Gasteiger partial charge in [0.05, 0.1) is 24.2 Å². The van der Waals surface area contributed by atoms with E-state index in [1.807, 2.05) is 24.3 Å². The van der Waals surface area contributed by atoms with E-state index < -0.39 is 54.0 Å². The van der Waals surface area contributed by atoms with Crippen molar-refractivity contribution in [2.24, 2.45) is 28.7 Å². The lowest BCUT2D eigenvalue weighted by molar-refractivity contribution is -0.133. The summed E-state index contributed by atoms with van der Waals surface area (Å²) in [5.41, 5.74) is 31.8. The first-order valence-electron chi connectivity index (χ1n) is 18.0. The maximum Gasteiger partial charge on any atom is 0.243 e. The fourth-order valence-corrected chi connectivity index (χ4v) is 5.81. The lowest BCUT2D eigenvalue weighted by Gasteiger charge is -2.25. The number of carbonyl (C=O) groups is 5. The zero-order valence-corrected chi connectivity index (χ0v) is 30.0. The first-order chi connectivity index (χ1) is 25.3. The molecule has 6 atom stereocenters. The minimum atomic E-state index is -1.27. The number of nitrogens with one attached hydrogen (secondary N) is 5. The second-order valence-electron chi connectivity index (χ2n) is 13.3. The average Bonchev–Trinajstić information content (AvgIpc) is 3.14. The van der Waals surface area contributed by atoms with Gasteiger partial charge >= 0.3 is 0 Å². The summed E-state index contributed by atoms with van der Waals surface area (Å²) in [6, 6.07) is 7.38. The third-order valence-electron chi connectivity index (χ3n) is 8.95. The topological polar surface area (TPSA) is 316 Å². The number of amides is 5. The number of aliphatic hydroxyl groups excluding tert-OH is 1. The number of phenols is 1. The van der Waals surface area contributed by atoms with Crippen molar-refractivity contribution in [2.45, 2.75) is 87.7 Å². The Bertz CT molecular complexity index is 1540. The van der Waals surface area contributed by atoms with Gasteiger partial charge in [-0.15, -0.1) is 0 Å². The summed E-state index contributed by atoms with van der Waals surface area (Å²) < 4.78 is 0. The van der Waals surface area contributed by atoms with Gasteiger partial charge in [0.25, 0.3) is 0 Å². The Morgan fingerprint density at radius 2 is 1.47 bits per heavy atom. The van der Waals surface area contributed by atoms with Gasteiger partial charge in [-0.05, 0) is 66.5 Å². The molecule has 3 rings (SSSR count). The molecular weight excluding hydrogens is 684 g/mol. The van der Waals surface area contributed by atoms with Crippen LogP contribution in [0.1, 0.15) is 49.7 Å². The molecule has 4 bridgehead atoms. The van der Waals surface area contributed by atoms with Crippen molar-refractivity contribution in [1.82, 2.24) is 26.6 Å². The predicted molar refractivity (Wildman–Crippen MR) is 200 cm³/mol. The van der Waals surface area contributed by atoms with Crippen molar-refractivity contribution < 1.29 is 34.2 Å². The van der Waals surface area contributed by atoms with Crippen LogP contribution in [0.3, 0.4) is 0 Å². The number of rotatable bonds is 17. The van der Waals surface area contributed by atoms with Crippen LogP contribution in [0.5, 0.6) is 5.75 Å². The molecular formula is C36H56N10O7.